The van der Waals surface area contributed by atoms with Crippen LogP contribution in [0.15, 0.2) is 5.38 Å². The molecule has 0 N–H and O–H groups in total. The molecule has 1 unspecified atom stereocenters. The van der Waals surface area contributed by atoms with Crippen LogP contribution >= 0.6 is 11.3 Å². The molecule has 1 saturated carbocycles. The summed E-state index contributed by atoms with van der Waals surface area (Å²) in [7, 11) is 0. The molecule has 1 saturated heterocycles. The van der Waals surface area contributed by atoms with Crippen LogP contribution in [0.4, 0.5) is 0 Å². The lowest BCUT2D eigenvalue weighted by atomic mass is 9.74. The van der Waals surface area contributed by atoms with Gasteiger partial charge in [0.15, 0.2) is 0 Å². The number of ketones is 1. The van der Waals surface area contributed by atoms with E-state index in [0.717, 1.165) is 43.0 Å². The molecule has 0 amide bonds. The van der Waals surface area contributed by atoms with Crippen LogP contribution in [-0.4, -0.2) is 23.0 Å². The molecule has 2 fully saturated rings. The minimum Gasteiger partial charge on any atom is -0.375 e. The normalized spacial score (nSPS) is 25.8. The van der Waals surface area contributed by atoms with Crippen molar-refractivity contribution in [2.24, 2.45) is 5.92 Å². The highest BCUT2D eigenvalue weighted by molar-refractivity contribution is 7.09. The third kappa shape index (κ3) is 3.12. The van der Waals surface area contributed by atoms with E-state index in [0.29, 0.717) is 12.2 Å². The Morgan fingerprint density at radius 1 is 1.45 bits per heavy atom. The SMILES string of the molecule is Cc1csc(CC(=O)C2CCOC3(CCCCC3)C2)n1. The van der Waals surface area contributed by atoms with E-state index in [2.05, 4.69) is 4.98 Å². The molecular formula is C16H23NO2S. The van der Waals surface area contributed by atoms with Crippen molar-refractivity contribution < 1.29 is 9.53 Å². The highest BCUT2D eigenvalue weighted by Gasteiger charge is 2.40. The Kier molecular flexibility index (Phi) is 4.22. The summed E-state index contributed by atoms with van der Waals surface area (Å²) in [6.07, 6.45) is 8.47. The highest BCUT2D eigenvalue weighted by Crippen LogP contribution is 2.41. The van der Waals surface area contributed by atoms with Crippen molar-refractivity contribution in [1.29, 1.82) is 0 Å². The Hall–Kier alpha value is -0.740. The van der Waals surface area contributed by atoms with E-state index in [1.165, 1.54) is 19.3 Å². The summed E-state index contributed by atoms with van der Waals surface area (Å²) in [5, 5.41) is 2.99. The maximum Gasteiger partial charge on any atom is 0.142 e. The Morgan fingerprint density at radius 2 is 2.25 bits per heavy atom. The first kappa shape index (κ1) is 14.2. The van der Waals surface area contributed by atoms with Crippen LogP contribution in [-0.2, 0) is 16.0 Å². The van der Waals surface area contributed by atoms with Crippen molar-refractivity contribution in [2.75, 3.05) is 6.61 Å². The average Bonchev–Trinajstić information content (AvgIpc) is 2.85. The van der Waals surface area contributed by atoms with Crippen LogP contribution in [0.25, 0.3) is 0 Å². The van der Waals surface area contributed by atoms with Crippen molar-refractivity contribution >= 4 is 17.1 Å². The molecule has 110 valence electrons. The minimum atomic E-state index is 0.0234. The monoisotopic (exact) mass is 293 g/mol. The molecule has 0 aromatic carbocycles. The third-order valence-electron chi connectivity index (χ3n) is 4.71. The van der Waals surface area contributed by atoms with Crippen molar-refractivity contribution in [3.63, 3.8) is 0 Å². The molecule has 2 heterocycles. The molecule has 20 heavy (non-hydrogen) atoms. The van der Waals surface area contributed by atoms with Crippen LogP contribution in [0.3, 0.4) is 0 Å². The molecule has 0 bridgehead atoms. The summed E-state index contributed by atoms with van der Waals surface area (Å²) in [6, 6.07) is 0. The third-order valence-corrected chi connectivity index (χ3v) is 5.67. The quantitative estimate of drug-likeness (QED) is 0.853. The number of Topliss-reactive ketones (excluding diaryl/α,β-unsaturated/α-hetero) is 1. The average molecular weight is 293 g/mol. The van der Waals surface area contributed by atoms with Gasteiger partial charge in [0.25, 0.3) is 0 Å². The van der Waals surface area contributed by atoms with Gasteiger partial charge in [-0.1, -0.05) is 19.3 Å². The van der Waals surface area contributed by atoms with Crippen LogP contribution in [0.1, 0.15) is 55.6 Å². The Bertz CT molecular complexity index is 471. The van der Waals surface area contributed by atoms with Crippen molar-refractivity contribution in [3.8, 4) is 0 Å². The van der Waals surface area contributed by atoms with E-state index in [1.54, 1.807) is 11.3 Å². The van der Waals surface area contributed by atoms with Crippen molar-refractivity contribution in [1.82, 2.24) is 4.98 Å². The van der Waals surface area contributed by atoms with E-state index >= 15 is 0 Å². The first-order valence-corrected chi connectivity index (χ1v) is 8.63. The fourth-order valence-electron chi connectivity index (χ4n) is 3.62. The second-order valence-corrected chi connectivity index (χ2v) is 7.25. The van der Waals surface area contributed by atoms with Gasteiger partial charge in [-0.15, -0.1) is 11.3 Å². The van der Waals surface area contributed by atoms with Crippen LogP contribution in [0, 0.1) is 12.8 Å². The summed E-state index contributed by atoms with van der Waals surface area (Å²) < 4.78 is 6.08. The number of carbonyl (C=O) groups excluding carboxylic acids is 1. The Labute approximate surface area is 124 Å². The first-order chi connectivity index (χ1) is 9.67. The van der Waals surface area contributed by atoms with Crippen molar-refractivity contribution in [2.45, 2.75) is 63.9 Å². The summed E-state index contributed by atoms with van der Waals surface area (Å²) in [4.78, 5) is 16.9. The fourth-order valence-corrected chi connectivity index (χ4v) is 4.41. The van der Waals surface area contributed by atoms with Gasteiger partial charge < -0.3 is 4.74 Å². The van der Waals surface area contributed by atoms with Crippen LogP contribution in [0.5, 0.6) is 0 Å². The van der Waals surface area contributed by atoms with E-state index in [9.17, 15) is 4.79 Å². The molecular weight excluding hydrogens is 270 g/mol. The van der Waals surface area contributed by atoms with Gasteiger partial charge in [0, 0.05) is 23.6 Å². The number of nitrogens with zero attached hydrogens (tertiary/aromatic N) is 1. The zero-order valence-corrected chi connectivity index (χ0v) is 13.0. The van der Waals surface area contributed by atoms with Gasteiger partial charge >= 0.3 is 0 Å². The van der Waals surface area contributed by atoms with Crippen molar-refractivity contribution in [3.05, 3.63) is 16.1 Å². The first-order valence-electron chi connectivity index (χ1n) is 7.75. The maximum absolute atomic E-state index is 12.5. The molecule has 2 aliphatic rings. The zero-order valence-electron chi connectivity index (χ0n) is 12.2. The molecule has 3 rings (SSSR count). The lowest BCUT2D eigenvalue weighted by molar-refractivity contribution is -0.142. The largest absolute Gasteiger partial charge is 0.375 e. The lowest BCUT2D eigenvalue weighted by Crippen LogP contribution is -2.43. The minimum absolute atomic E-state index is 0.0234. The van der Waals surface area contributed by atoms with Gasteiger partial charge in [-0.05, 0) is 32.6 Å². The van der Waals surface area contributed by atoms with Gasteiger partial charge in [0.05, 0.1) is 12.0 Å². The number of hydrogen-bond donors (Lipinski definition) is 0. The number of hydrogen-bond acceptors (Lipinski definition) is 4. The van der Waals surface area contributed by atoms with Gasteiger partial charge in [0.2, 0.25) is 0 Å². The smallest absolute Gasteiger partial charge is 0.142 e. The molecule has 1 aliphatic carbocycles. The molecule has 1 spiro atoms. The number of ether oxygens (including phenoxy) is 1. The molecule has 1 aliphatic heterocycles. The molecule has 0 radical (unpaired) electrons. The summed E-state index contributed by atoms with van der Waals surface area (Å²) in [5.41, 5.74) is 1.05. The second kappa shape index (κ2) is 5.94. The van der Waals surface area contributed by atoms with E-state index in [1.807, 2.05) is 12.3 Å². The molecule has 4 heteroatoms. The van der Waals surface area contributed by atoms with E-state index in [4.69, 9.17) is 4.74 Å². The van der Waals surface area contributed by atoms with Gasteiger partial charge in [-0.25, -0.2) is 4.98 Å². The zero-order chi connectivity index (χ0) is 14.0. The predicted molar refractivity (Wildman–Crippen MR) is 80.1 cm³/mol. The molecule has 1 atom stereocenters. The van der Waals surface area contributed by atoms with Crippen LogP contribution < -0.4 is 0 Å². The highest BCUT2D eigenvalue weighted by atomic mass is 32.1. The number of aromatic nitrogens is 1. The molecule has 1 aromatic rings. The summed E-state index contributed by atoms with van der Waals surface area (Å²) in [6.45, 7) is 2.74. The fraction of sp³-hybridized carbons (Fsp3) is 0.750. The number of thiazole rings is 1. The standard InChI is InChI=1S/C16H23NO2S/c1-12-11-20-15(17-12)9-14(18)13-5-8-19-16(10-13)6-3-2-4-7-16/h11,13H,2-10H2,1H3. The van der Waals surface area contributed by atoms with Gasteiger partial charge in [-0.2, -0.15) is 0 Å². The maximum atomic E-state index is 12.5. The summed E-state index contributed by atoms with van der Waals surface area (Å²) in [5.74, 6) is 0.554. The molecule has 3 nitrogen and oxygen atoms in total. The number of rotatable bonds is 3. The number of aryl methyl sites for hydroxylation is 1. The summed E-state index contributed by atoms with van der Waals surface area (Å²) >= 11 is 1.61. The van der Waals surface area contributed by atoms with Crippen LogP contribution in [0.2, 0.25) is 0 Å². The predicted octanol–water partition coefficient (Wildman–Crippen LogP) is 3.69. The van der Waals surface area contributed by atoms with Gasteiger partial charge in [-0.3, -0.25) is 4.79 Å². The van der Waals surface area contributed by atoms with E-state index < -0.39 is 0 Å². The number of carbonyl (C=O) groups is 1. The van der Waals surface area contributed by atoms with E-state index in [-0.39, 0.29) is 11.5 Å². The topological polar surface area (TPSA) is 39.2 Å². The Balaban J connectivity index is 1.62. The Morgan fingerprint density at radius 3 is 2.95 bits per heavy atom. The molecule has 1 aromatic heterocycles. The van der Waals surface area contributed by atoms with Gasteiger partial charge in [0.1, 0.15) is 10.8 Å². The second-order valence-electron chi connectivity index (χ2n) is 6.31. The lowest BCUT2D eigenvalue weighted by Gasteiger charge is -2.43.